The lowest BCUT2D eigenvalue weighted by atomic mass is 9.96. The molecule has 2 aromatic heterocycles. The second-order valence-corrected chi connectivity index (χ2v) is 6.51. The fourth-order valence-electron chi connectivity index (χ4n) is 2.96. The normalized spacial score (nSPS) is 13.2. The van der Waals surface area contributed by atoms with Gasteiger partial charge in [0.15, 0.2) is 0 Å². The number of rotatable bonds is 4. The standard InChI is InChI=1S/C18H24N4O.2ClH/c1-13(2)21(3)11-14-9-19-10-15-12-22(8-6-16(14)15)18(23)17-5-4-7-20-17;;/h4-5,7,9-10,13,20H,6,8,11-12H2,1-3H3;2*1H. The predicted octanol–water partition coefficient (Wildman–Crippen LogP) is 3.29. The summed E-state index contributed by atoms with van der Waals surface area (Å²) in [5, 5.41) is 0. The fourth-order valence-corrected chi connectivity index (χ4v) is 2.96. The van der Waals surface area contributed by atoms with Gasteiger partial charge >= 0.3 is 0 Å². The van der Waals surface area contributed by atoms with Gasteiger partial charge in [-0.3, -0.25) is 14.7 Å². The predicted molar refractivity (Wildman–Crippen MR) is 105 cm³/mol. The highest BCUT2D eigenvalue weighted by Gasteiger charge is 2.24. The summed E-state index contributed by atoms with van der Waals surface area (Å²) < 4.78 is 0. The van der Waals surface area contributed by atoms with Crippen LogP contribution in [-0.4, -0.2) is 45.3 Å². The summed E-state index contributed by atoms with van der Waals surface area (Å²) in [4.78, 5) is 24.1. The molecule has 0 aliphatic carbocycles. The Morgan fingerprint density at radius 2 is 2.12 bits per heavy atom. The first kappa shape index (κ1) is 21.5. The van der Waals surface area contributed by atoms with Crippen molar-refractivity contribution in [3.8, 4) is 0 Å². The van der Waals surface area contributed by atoms with Gasteiger partial charge in [0.2, 0.25) is 0 Å². The van der Waals surface area contributed by atoms with E-state index in [0.29, 0.717) is 18.3 Å². The average molecular weight is 385 g/mol. The van der Waals surface area contributed by atoms with Crippen LogP contribution < -0.4 is 0 Å². The van der Waals surface area contributed by atoms with Gasteiger partial charge in [0, 0.05) is 44.3 Å². The van der Waals surface area contributed by atoms with E-state index < -0.39 is 0 Å². The summed E-state index contributed by atoms with van der Waals surface area (Å²) in [7, 11) is 2.13. The lowest BCUT2D eigenvalue weighted by Gasteiger charge is -2.31. The number of nitrogens with one attached hydrogen (secondary N) is 1. The Kier molecular flexibility index (Phi) is 7.93. The Hall–Kier alpha value is -1.56. The Morgan fingerprint density at radius 1 is 1.36 bits per heavy atom. The third-order valence-corrected chi connectivity index (χ3v) is 4.65. The maximum Gasteiger partial charge on any atom is 0.270 e. The van der Waals surface area contributed by atoms with Crippen molar-refractivity contribution < 1.29 is 4.79 Å². The SMILES string of the molecule is CC(C)N(C)Cc1cncc2c1CCN(C(=O)c1ccc[nH]1)C2.Cl.Cl. The Bertz CT molecular complexity index is 688. The maximum absolute atomic E-state index is 12.5. The van der Waals surface area contributed by atoms with Crippen LogP contribution in [0.15, 0.2) is 30.7 Å². The molecule has 0 saturated heterocycles. The third-order valence-electron chi connectivity index (χ3n) is 4.65. The number of H-pyrrole nitrogens is 1. The van der Waals surface area contributed by atoms with Gasteiger partial charge in [0.05, 0.1) is 0 Å². The molecule has 0 saturated carbocycles. The molecule has 1 amide bonds. The number of hydrogen-bond acceptors (Lipinski definition) is 3. The first-order valence-corrected chi connectivity index (χ1v) is 8.13. The molecule has 0 fully saturated rings. The Balaban J connectivity index is 0.00000156. The van der Waals surface area contributed by atoms with E-state index in [1.807, 2.05) is 29.4 Å². The van der Waals surface area contributed by atoms with Crippen molar-refractivity contribution in [3.63, 3.8) is 0 Å². The highest BCUT2D eigenvalue weighted by Crippen LogP contribution is 2.23. The number of pyridine rings is 1. The number of nitrogens with zero attached hydrogens (tertiary/aromatic N) is 3. The molecule has 0 radical (unpaired) electrons. The molecule has 3 heterocycles. The maximum atomic E-state index is 12.5. The molecule has 7 heteroatoms. The van der Waals surface area contributed by atoms with Crippen LogP contribution in [0.4, 0.5) is 0 Å². The molecule has 0 unspecified atom stereocenters. The number of amides is 1. The molecule has 1 aliphatic rings. The second-order valence-electron chi connectivity index (χ2n) is 6.51. The zero-order chi connectivity index (χ0) is 16.4. The molecule has 5 nitrogen and oxygen atoms in total. The van der Waals surface area contributed by atoms with E-state index in [0.717, 1.165) is 19.5 Å². The average Bonchev–Trinajstić information content (AvgIpc) is 3.08. The molecule has 138 valence electrons. The van der Waals surface area contributed by atoms with E-state index in [1.165, 1.54) is 16.7 Å². The number of aromatic nitrogens is 2. The number of aromatic amines is 1. The van der Waals surface area contributed by atoms with Gasteiger partial charge in [-0.2, -0.15) is 0 Å². The lowest BCUT2D eigenvalue weighted by Crippen LogP contribution is -2.37. The van der Waals surface area contributed by atoms with E-state index in [2.05, 4.69) is 35.8 Å². The number of fused-ring (bicyclic) bond motifs is 1. The molecule has 1 aliphatic heterocycles. The molecule has 0 aromatic carbocycles. The van der Waals surface area contributed by atoms with Gasteiger partial charge in [-0.05, 0) is 56.1 Å². The van der Waals surface area contributed by atoms with E-state index in [-0.39, 0.29) is 30.7 Å². The molecule has 3 rings (SSSR count). The second kappa shape index (κ2) is 9.22. The van der Waals surface area contributed by atoms with Gasteiger partial charge in [0.1, 0.15) is 5.69 Å². The molecule has 2 aromatic rings. The van der Waals surface area contributed by atoms with E-state index >= 15 is 0 Å². The van der Waals surface area contributed by atoms with Crippen molar-refractivity contribution in [3.05, 3.63) is 53.1 Å². The van der Waals surface area contributed by atoms with Crippen molar-refractivity contribution in [1.82, 2.24) is 19.8 Å². The Morgan fingerprint density at radius 3 is 2.76 bits per heavy atom. The van der Waals surface area contributed by atoms with Crippen LogP contribution in [0.3, 0.4) is 0 Å². The minimum atomic E-state index is 0. The summed E-state index contributed by atoms with van der Waals surface area (Å²) >= 11 is 0. The first-order chi connectivity index (χ1) is 11.1. The number of carbonyl (C=O) groups is 1. The van der Waals surface area contributed by atoms with Crippen molar-refractivity contribution in [2.45, 2.75) is 39.4 Å². The minimum absolute atomic E-state index is 0. The molecule has 1 N–H and O–H groups in total. The fraction of sp³-hybridized carbons (Fsp3) is 0.444. The molecular weight excluding hydrogens is 359 g/mol. The first-order valence-electron chi connectivity index (χ1n) is 8.13. The summed E-state index contributed by atoms with van der Waals surface area (Å²) in [6.45, 7) is 6.68. The molecule has 0 bridgehead atoms. The number of halogens is 2. The minimum Gasteiger partial charge on any atom is -0.357 e. The topological polar surface area (TPSA) is 52.2 Å². The van der Waals surface area contributed by atoms with Crippen LogP contribution in [0.2, 0.25) is 0 Å². The van der Waals surface area contributed by atoms with Crippen LogP contribution in [0.1, 0.15) is 41.0 Å². The lowest BCUT2D eigenvalue weighted by molar-refractivity contribution is 0.0728. The van der Waals surface area contributed by atoms with Gasteiger partial charge in [-0.15, -0.1) is 24.8 Å². The molecule has 25 heavy (non-hydrogen) atoms. The van der Waals surface area contributed by atoms with Gasteiger partial charge in [0.25, 0.3) is 5.91 Å². The van der Waals surface area contributed by atoms with Crippen LogP contribution in [0.5, 0.6) is 0 Å². The molecular formula is C18H26Cl2N4O. The van der Waals surface area contributed by atoms with Gasteiger partial charge < -0.3 is 9.88 Å². The molecule has 0 atom stereocenters. The summed E-state index contributed by atoms with van der Waals surface area (Å²) in [5.74, 6) is 0.0605. The summed E-state index contributed by atoms with van der Waals surface area (Å²) in [6, 6.07) is 4.18. The zero-order valence-electron chi connectivity index (χ0n) is 14.9. The number of hydrogen-bond donors (Lipinski definition) is 1. The van der Waals surface area contributed by atoms with Gasteiger partial charge in [-0.25, -0.2) is 0 Å². The van der Waals surface area contributed by atoms with E-state index in [4.69, 9.17) is 0 Å². The van der Waals surface area contributed by atoms with Crippen molar-refractivity contribution in [2.75, 3.05) is 13.6 Å². The third kappa shape index (κ3) is 4.75. The highest BCUT2D eigenvalue weighted by atomic mass is 35.5. The Labute approximate surface area is 161 Å². The van der Waals surface area contributed by atoms with E-state index in [9.17, 15) is 4.79 Å². The largest absolute Gasteiger partial charge is 0.357 e. The summed E-state index contributed by atoms with van der Waals surface area (Å²) in [6.07, 6.45) is 6.56. The highest BCUT2D eigenvalue weighted by molar-refractivity contribution is 5.92. The van der Waals surface area contributed by atoms with E-state index in [1.54, 1.807) is 6.20 Å². The van der Waals surface area contributed by atoms with Crippen molar-refractivity contribution in [1.29, 1.82) is 0 Å². The van der Waals surface area contributed by atoms with Crippen molar-refractivity contribution in [2.24, 2.45) is 0 Å². The van der Waals surface area contributed by atoms with Crippen LogP contribution >= 0.6 is 24.8 Å². The van der Waals surface area contributed by atoms with Crippen LogP contribution in [0, 0.1) is 0 Å². The zero-order valence-corrected chi connectivity index (χ0v) is 16.5. The number of carbonyl (C=O) groups excluding carboxylic acids is 1. The molecule has 0 spiro atoms. The van der Waals surface area contributed by atoms with Crippen LogP contribution in [-0.2, 0) is 19.5 Å². The summed E-state index contributed by atoms with van der Waals surface area (Å²) in [5.41, 5.74) is 4.47. The quantitative estimate of drug-likeness (QED) is 0.879. The van der Waals surface area contributed by atoms with Crippen molar-refractivity contribution >= 4 is 30.7 Å². The smallest absolute Gasteiger partial charge is 0.270 e. The van der Waals surface area contributed by atoms with Crippen LogP contribution in [0.25, 0.3) is 0 Å². The van der Waals surface area contributed by atoms with Gasteiger partial charge in [-0.1, -0.05) is 0 Å². The monoisotopic (exact) mass is 384 g/mol.